The van der Waals surface area contributed by atoms with Gasteiger partial charge in [-0.1, -0.05) is 12.1 Å². The van der Waals surface area contributed by atoms with Crippen LogP contribution in [0, 0.1) is 0 Å². The van der Waals surface area contributed by atoms with E-state index < -0.39 is 79.8 Å². The van der Waals surface area contributed by atoms with E-state index in [4.69, 9.17) is 38.5 Å². The third-order valence-corrected chi connectivity index (χ3v) is 12.6. The summed E-state index contributed by atoms with van der Waals surface area (Å²) in [6, 6.07) is 13.2. The Labute approximate surface area is 331 Å². The van der Waals surface area contributed by atoms with Gasteiger partial charge in [-0.3, -0.25) is 32.8 Å². The number of nitrogens with zero attached hydrogens (tertiary/aromatic N) is 5. The molecule has 7 rings (SSSR count). The molecule has 0 radical (unpaired) electrons. The summed E-state index contributed by atoms with van der Waals surface area (Å²) in [6.45, 7) is -3.88. The van der Waals surface area contributed by atoms with Crippen molar-refractivity contribution in [2.24, 2.45) is 0 Å². The first-order valence-corrected chi connectivity index (χ1v) is 20.6. The van der Waals surface area contributed by atoms with Gasteiger partial charge in [0.2, 0.25) is 0 Å². The molecule has 0 aliphatic carbocycles. The lowest BCUT2D eigenvalue weighted by Gasteiger charge is -2.29. The van der Waals surface area contributed by atoms with E-state index in [1.165, 1.54) is 73.9 Å². The molecule has 3 unspecified atom stereocenters. The van der Waals surface area contributed by atoms with Crippen molar-refractivity contribution in [3.8, 4) is 11.5 Å². The Morgan fingerprint density at radius 2 is 1.71 bits per heavy atom. The molecule has 2 saturated heterocycles. The summed E-state index contributed by atoms with van der Waals surface area (Å²) >= 11 is 0.717. The Hall–Kier alpha value is -5.29. The van der Waals surface area contributed by atoms with Crippen molar-refractivity contribution in [1.29, 1.82) is 0 Å². The van der Waals surface area contributed by atoms with Crippen molar-refractivity contribution in [3.05, 3.63) is 105 Å². The third-order valence-electron chi connectivity index (χ3n) is 8.97. The molecule has 23 heteroatoms. The van der Waals surface area contributed by atoms with Crippen molar-refractivity contribution >= 4 is 47.1 Å². The number of ether oxygens (including phenoxy) is 5. The Kier molecular flexibility index (Phi) is 12.2. The number of esters is 2. The summed E-state index contributed by atoms with van der Waals surface area (Å²) in [5, 5.41) is 21.4. The zero-order valence-corrected chi connectivity index (χ0v) is 32.3. The van der Waals surface area contributed by atoms with Gasteiger partial charge in [-0.25, -0.2) is 29.1 Å². The van der Waals surface area contributed by atoms with Crippen molar-refractivity contribution in [2.75, 3.05) is 19.5 Å². The molecule has 2 aromatic carbocycles. The second-order valence-electron chi connectivity index (χ2n) is 12.9. The first-order valence-electron chi connectivity index (χ1n) is 17.4. The van der Waals surface area contributed by atoms with Gasteiger partial charge in [0.25, 0.3) is 5.56 Å². The molecule has 306 valence electrons. The summed E-state index contributed by atoms with van der Waals surface area (Å²) in [4.78, 5) is 62.9. The average molecular weight is 842 g/mol. The predicted octanol–water partition coefficient (Wildman–Crippen LogP) is 2.06. The number of carbonyl (C=O) groups is 2. The first-order chi connectivity index (χ1) is 27.8. The van der Waals surface area contributed by atoms with Crippen molar-refractivity contribution in [2.45, 2.75) is 62.3 Å². The smallest absolute Gasteiger partial charge is 0.392 e. The lowest BCUT2D eigenvalue weighted by Crippen LogP contribution is -2.40. The number of aliphatic hydroxyl groups excluding tert-OH is 2. The molecule has 0 bridgehead atoms. The van der Waals surface area contributed by atoms with Crippen LogP contribution in [0.1, 0.15) is 41.7 Å². The van der Waals surface area contributed by atoms with E-state index in [0.717, 1.165) is 10.6 Å². The van der Waals surface area contributed by atoms with Crippen LogP contribution in [-0.2, 0) is 38.4 Å². The van der Waals surface area contributed by atoms with Gasteiger partial charge in [-0.15, -0.1) is 0 Å². The lowest BCUT2D eigenvalue weighted by atomic mass is 10.1. The minimum Gasteiger partial charge on any atom is -0.427 e. The first kappa shape index (κ1) is 40.9. The van der Waals surface area contributed by atoms with Gasteiger partial charge in [0.15, 0.2) is 24.0 Å². The van der Waals surface area contributed by atoms with E-state index in [1.54, 1.807) is 12.1 Å². The molecule has 8 atom stereocenters. The number of H-pyrrole nitrogens is 1. The molecule has 0 spiro atoms. The molecule has 0 amide bonds. The highest BCUT2D eigenvalue weighted by molar-refractivity contribution is 8.54. The number of nitrogens with two attached hydrogens (primary N) is 1. The fourth-order valence-electron chi connectivity index (χ4n) is 6.22. The maximum Gasteiger partial charge on any atom is 0.392 e. The highest BCUT2D eigenvalue weighted by Crippen LogP contribution is 2.65. The summed E-state index contributed by atoms with van der Waals surface area (Å²) in [7, 11) is 1.29. The van der Waals surface area contributed by atoms with E-state index in [1.807, 2.05) is 0 Å². The van der Waals surface area contributed by atoms with Crippen LogP contribution in [-0.4, -0.2) is 95.6 Å². The number of fused-ring (bicyclic) bond motifs is 1. The van der Waals surface area contributed by atoms with Crippen LogP contribution in [0.2, 0.25) is 0 Å². The Morgan fingerprint density at radius 1 is 0.983 bits per heavy atom. The molecule has 5 aromatic rings. The minimum atomic E-state index is -4.48. The number of nitrogen functional groups attached to an aromatic ring is 1. The zero-order valence-electron chi connectivity index (χ0n) is 30.6. The maximum absolute atomic E-state index is 14.9. The van der Waals surface area contributed by atoms with Gasteiger partial charge in [0.1, 0.15) is 54.0 Å². The molecular formula is C35H36N7O14PS. The second-order valence-corrected chi connectivity index (χ2v) is 16.8. The molecule has 3 aromatic heterocycles. The van der Waals surface area contributed by atoms with E-state index in [9.17, 15) is 34.0 Å². The standard InChI is InChI=1S/C35H36N7O14PS/c1-18(44)51-21-9-5-20(6-10-21)33(47)52-22-7-3-19(4-8-22)15-58-57(49,55-28-24(14-43)53-32(29(28)50-2)41-12-11-25(46)40-35(41)48)56-34-23(45)13-26(54-34)42-17-39-27-30(36)37-16-38-31(27)42/h3-12,16-17,23-24,26,28-29,32,34,43,45H,13-15H2,1-2H3,(H2,36,37,38)(H,40,46,48)/t23?,24-,26-,28?,29-,32-,34-,57?/m1/s1. The van der Waals surface area contributed by atoms with Gasteiger partial charge >= 0.3 is 24.4 Å². The van der Waals surface area contributed by atoms with Crippen LogP contribution in [0.5, 0.6) is 11.5 Å². The number of hydrogen-bond donors (Lipinski definition) is 4. The number of imidazole rings is 1. The number of aromatic amines is 1. The highest BCUT2D eigenvalue weighted by Gasteiger charge is 2.52. The molecule has 5 heterocycles. The monoisotopic (exact) mass is 841 g/mol. The number of benzene rings is 2. The molecular weight excluding hydrogens is 805 g/mol. The number of methoxy groups -OCH3 is 1. The largest absolute Gasteiger partial charge is 0.427 e. The topological polar surface area (TPSA) is 281 Å². The minimum absolute atomic E-state index is 0.0183. The fraction of sp³-hybridized carbons (Fsp3) is 0.343. The Balaban J connectivity index is 1.10. The third kappa shape index (κ3) is 8.89. The molecule has 2 fully saturated rings. The second kappa shape index (κ2) is 17.3. The van der Waals surface area contributed by atoms with E-state index in [0.29, 0.717) is 28.1 Å². The number of hydrogen-bond acceptors (Lipinski definition) is 19. The van der Waals surface area contributed by atoms with Crippen LogP contribution in [0.3, 0.4) is 0 Å². The summed E-state index contributed by atoms with van der Waals surface area (Å²) < 4.78 is 57.7. The van der Waals surface area contributed by atoms with E-state index in [-0.39, 0.29) is 35.1 Å². The highest BCUT2D eigenvalue weighted by atomic mass is 32.7. The quantitative estimate of drug-likeness (QED) is 0.0707. The van der Waals surface area contributed by atoms with Crippen LogP contribution < -0.4 is 26.5 Å². The number of rotatable bonds is 14. The van der Waals surface area contributed by atoms with E-state index in [2.05, 4.69) is 19.9 Å². The van der Waals surface area contributed by atoms with Crippen molar-refractivity contribution in [1.82, 2.24) is 29.1 Å². The van der Waals surface area contributed by atoms with E-state index >= 15 is 0 Å². The van der Waals surface area contributed by atoms with Crippen molar-refractivity contribution in [3.63, 3.8) is 0 Å². The summed E-state index contributed by atoms with van der Waals surface area (Å²) in [5.41, 5.74) is 5.88. The molecule has 2 aliphatic rings. The summed E-state index contributed by atoms with van der Waals surface area (Å²) in [6.07, 6.45) is -4.87. The Bertz CT molecular complexity index is 2450. The fourth-order valence-corrected chi connectivity index (χ4v) is 9.73. The Morgan fingerprint density at radius 3 is 2.40 bits per heavy atom. The van der Waals surface area contributed by atoms with Crippen LogP contribution in [0.4, 0.5) is 5.82 Å². The predicted molar refractivity (Wildman–Crippen MR) is 201 cm³/mol. The number of aromatic nitrogens is 6. The van der Waals surface area contributed by atoms with Gasteiger partial charge in [0.05, 0.1) is 18.5 Å². The average Bonchev–Trinajstić information content (AvgIpc) is 3.89. The summed E-state index contributed by atoms with van der Waals surface area (Å²) in [5.74, 6) is -0.579. The van der Waals surface area contributed by atoms with Crippen LogP contribution in [0.15, 0.2) is 83.0 Å². The molecule has 2 aliphatic heterocycles. The lowest BCUT2D eigenvalue weighted by molar-refractivity contribution is -0.132. The van der Waals surface area contributed by atoms with Gasteiger partial charge in [-0.2, -0.15) is 0 Å². The number of anilines is 1. The maximum atomic E-state index is 14.9. The zero-order chi connectivity index (χ0) is 41.1. The van der Waals surface area contributed by atoms with Gasteiger partial charge in [-0.05, 0) is 53.3 Å². The normalized spacial score (nSPS) is 24.1. The van der Waals surface area contributed by atoms with Crippen molar-refractivity contribution < 1.29 is 57.1 Å². The van der Waals surface area contributed by atoms with Gasteiger partial charge < -0.3 is 39.6 Å². The molecule has 0 saturated carbocycles. The molecule has 5 N–H and O–H groups in total. The molecule has 58 heavy (non-hydrogen) atoms. The number of aliphatic hydroxyl groups is 2. The van der Waals surface area contributed by atoms with Crippen LogP contribution in [0.25, 0.3) is 11.2 Å². The molecule has 21 nitrogen and oxygen atoms in total. The number of carbonyl (C=O) groups excluding carboxylic acids is 2. The van der Waals surface area contributed by atoms with Gasteiger partial charge in [0, 0.05) is 38.5 Å². The van der Waals surface area contributed by atoms with Crippen LogP contribution >= 0.6 is 18.2 Å². The number of nitrogens with one attached hydrogen (secondary N) is 1. The SMILES string of the molecule is CO[C@@H]1C(OP(=O)(O[C@H]2O[C@@H](n3cnc4c(N)ncnc43)CC2O)SCc2ccc(OC(=O)c3ccc(OC(C)=O)cc3)cc2)[C@@H](CO)O[C@H]1n1ccc(=O)[nH]c1=O.